The Labute approximate surface area is 187 Å². The first kappa shape index (κ1) is 21.8. The lowest BCUT2D eigenvalue weighted by Gasteiger charge is -2.32. The highest BCUT2D eigenvalue weighted by atomic mass is 16.6. The first-order chi connectivity index (χ1) is 15.5. The van der Waals surface area contributed by atoms with Crippen LogP contribution in [-0.2, 0) is 20.9 Å². The second-order valence-corrected chi connectivity index (χ2v) is 8.27. The number of carbonyl (C=O) groups is 2. The number of anilines is 1. The largest absolute Gasteiger partial charge is 0.461 e. The highest BCUT2D eigenvalue weighted by Crippen LogP contribution is 2.24. The van der Waals surface area contributed by atoms with Crippen LogP contribution in [0.1, 0.15) is 24.0 Å². The average Bonchev–Trinajstić information content (AvgIpc) is 3.18. The molecule has 3 N–H and O–H groups in total. The summed E-state index contributed by atoms with van der Waals surface area (Å²) in [5, 5.41) is 7.48. The molecule has 0 aromatic heterocycles. The van der Waals surface area contributed by atoms with Gasteiger partial charge in [-0.2, -0.15) is 0 Å². The van der Waals surface area contributed by atoms with E-state index in [1.807, 2.05) is 30.3 Å². The summed E-state index contributed by atoms with van der Waals surface area (Å²) >= 11 is 0. The van der Waals surface area contributed by atoms with Gasteiger partial charge in [-0.25, -0.2) is 4.79 Å². The number of nitrogen functional groups attached to an aromatic ring is 1. The quantitative estimate of drug-likeness (QED) is 0.392. The van der Waals surface area contributed by atoms with Crippen LogP contribution in [0.4, 0.5) is 10.5 Å². The van der Waals surface area contributed by atoms with Crippen molar-refractivity contribution in [2.45, 2.75) is 25.6 Å². The molecule has 2 aromatic rings. The molecule has 8 nitrogen and oxygen atoms in total. The molecule has 1 amide bonds. The minimum absolute atomic E-state index is 0.0135. The van der Waals surface area contributed by atoms with Gasteiger partial charge in [-0.15, -0.1) is 0 Å². The van der Waals surface area contributed by atoms with Crippen LogP contribution in [0.2, 0.25) is 0 Å². The molecule has 0 spiro atoms. The topological polar surface area (TPSA) is 109 Å². The van der Waals surface area contributed by atoms with Crippen LogP contribution < -0.4 is 10.6 Å². The number of nitrogens with two attached hydrogens (primary N) is 1. The fourth-order valence-electron chi connectivity index (χ4n) is 4.20. The number of hydrogen-bond donors (Lipinski definition) is 2. The zero-order chi connectivity index (χ0) is 22.5. The van der Waals surface area contributed by atoms with Crippen molar-refractivity contribution in [3.63, 3.8) is 0 Å². The van der Waals surface area contributed by atoms with Crippen LogP contribution in [0, 0.1) is 11.3 Å². The summed E-state index contributed by atoms with van der Waals surface area (Å²) in [6.45, 7) is 2.78. The van der Waals surface area contributed by atoms with Gasteiger partial charge in [0.05, 0.1) is 12.5 Å². The lowest BCUT2D eigenvalue weighted by molar-refractivity contribution is -0.152. The van der Waals surface area contributed by atoms with Crippen molar-refractivity contribution in [2.75, 3.05) is 31.1 Å². The summed E-state index contributed by atoms with van der Waals surface area (Å²) < 4.78 is 11.1. The first-order valence-electron chi connectivity index (χ1n) is 10.8. The van der Waals surface area contributed by atoms with Gasteiger partial charge in [-0.05, 0) is 49.2 Å². The number of esters is 1. The van der Waals surface area contributed by atoms with Crippen molar-refractivity contribution in [3.05, 3.63) is 65.7 Å². The highest BCUT2D eigenvalue weighted by molar-refractivity contribution is 5.96. The van der Waals surface area contributed by atoms with Gasteiger partial charge in [-0.3, -0.25) is 20.0 Å². The maximum Gasteiger partial charge on any atom is 0.414 e. The normalized spacial score (nSPS) is 21.2. The molecule has 2 saturated heterocycles. The van der Waals surface area contributed by atoms with Crippen LogP contribution >= 0.6 is 0 Å². The predicted molar refractivity (Wildman–Crippen MR) is 120 cm³/mol. The Hall–Kier alpha value is -3.39. The first-order valence-corrected chi connectivity index (χ1v) is 10.8. The van der Waals surface area contributed by atoms with Gasteiger partial charge >= 0.3 is 12.1 Å². The molecule has 4 rings (SSSR count). The van der Waals surface area contributed by atoms with E-state index in [-0.39, 0.29) is 36.5 Å². The monoisotopic (exact) mass is 436 g/mol. The number of carbonyl (C=O) groups excluding carboxylic acids is 2. The molecular formula is C24H28N4O4. The van der Waals surface area contributed by atoms with Crippen LogP contribution in [0.3, 0.4) is 0 Å². The second kappa shape index (κ2) is 9.82. The van der Waals surface area contributed by atoms with Crippen LogP contribution in [0.5, 0.6) is 0 Å². The Morgan fingerprint density at radius 1 is 1.12 bits per heavy atom. The Morgan fingerprint density at radius 3 is 2.59 bits per heavy atom. The van der Waals surface area contributed by atoms with Gasteiger partial charge in [0, 0.05) is 24.3 Å². The van der Waals surface area contributed by atoms with Crippen molar-refractivity contribution in [1.29, 1.82) is 5.41 Å². The lowest BCUT2D eigenvalue weighted by Crippen LogP contribution is -2.43. The molecule has 8 heteroatoms. The number of benzene rings is 2. The number of cyclic esters (lactones) is 1. The molecular weight excluding hydrogens is 408 g/mol. The smallest absolute Gasteiger partial charge is 0.414 e. The Kier molecular flexibility index (Phi) is 6.70. The van der Waals surface area contributed by atoms with Crippen LogP contribution in [0.25, 0.3) is 0 Å². The van der Waals surface area contributed by atoms with E-state index in [2.05, 4.69) is 4.90 Å². The minimum atomic E-state index is -0.388. The van der Waals surface area contributed by atoms with E-state index in [1.54, 1.807) is 29.2 Å². The van der Waals surface area contributed by atoms with Gasteiger partial charge in [0.2, 0.25) is 0 Å². The van der Waals surface area contributed by atoms with E-state index in [1.165, 1.54) is 0 Å². The molecule has 2 heterocycles. The summed E-state index contributed by atoms with van der Waals surface area (Å²) in [6, 6.07) is 16.6. The number of hydrogen-bond acceptors (Lipinski definition) is 6. The number of nitrogens with zero attached hydrogens (tertiary/aromatic N) is 2. The maximum atomic E-state index is 12.6. The SMILES string of the molecule is N=C(N)c1ccc(N2CC(CN3CCCC(C(=O)OCc4ccccc4)C3)OC2=O)cc1. The third kappa shape index (κ3) is 5.26. The summed E-state index contributed by atoms with van der Waals surface area (Å²) in [5.74, 6) is -0.352. The van der Waals surface area contributed by atoms with Gasteiger partial charge in [-0.1, -0.05) is 30.3 Å². The van der Waals surface area contributed by atoms with Gasteiger partial charge in [0.15, 0.2) is 0 Å². The number of likely N-dealkylation sites (tertiary alicyclic amines) is 1. The van der Waals surface area contributed by atoms with Gasteiger partial charge in [0.1, 0.15) is 18.5 Å². The van der Waals surface area contributed by atoms with Crippen LogP contribution in [-0.4, -0.2) is 55.1 Å². The molecule has 32 heavy (non-hydrogen) atoms. The molecule has 0 aliphatic carbocycles. The number of piperidine rings is 1. The van der Waals surface area contributed by atoms with Gasteiger partial charge < -0.3 is 15.2 Å². The predicted octanol–water partition coefficient (Wildman–Crippen LogP) is 2.75. The number of ether oxygens (including phenoxy) is 2. The molecule has 2 unspecified atom stereocenters. The molecule has 0 bridgehead atoms. The molecule has 2 aromatic carbocycles. The van der Waals surface area contributed by atoms with E-state index in [4.69, 9.17) is 20.6 Å². The van der Waals surface area contributed by atoms with Crippen molar-refractivity contribution >= 4 is 23.6 Å². The van der Waals surface area contributed by atoms with E-state index in [9.17, 15) is 9.59 Å². The number of nitrogens with one attached hydrogen (secondary N) is 1. The third-order valence-electron chi connectivity index (χ3n) is 5.89. The summed E-state index contributed by atoms with van der Waals surface area (Å²) in [4.78, 5) is 28.7. The number of rotatable bonds is 7. The van der Waals surface area contributed by atoms with Crippen molar-refractivity contribution < 1.29 is 19.1 Å². The molecule has 2 atom stereocenters. The van der Waals surface area contributed by atoms with E-state index in [0.717, 1.165) is 24.9 Å². The van der Waals surface area contributed by atoms with E-state index < -0.39 is 0 Å². The van der Waals surface area contributed by atoms with E-state index >= 15 is 0 Å². The zero-order valence-electron chi connectivity index (χ0n) is 17.9. The summed E-state index contributed by atoms with van der Waals surface area (Å²) in [5.41, 5.74) is 7.79. The van der Waals surface area contributed by atoms with Crippen LogP contribution in [0.15, 0.2) is 54.6 Å². The van der Waals surface area contributed by atoms with Gasteiger partial charge in [0.25, 0.3) is 0 Å². The fourth-order valence-corrected chi connectivity index (χ4v) is 4.20. The molecule has 2 aliphatic heterocycles. The summed E-state index contributed by atoms with van der Waals surface area (Å²) in [6.07, 6.45) is 1.06. The molecule has 168 valence electrons. The Morgan fingerprint density at radius 2 is 1.88 bits per heavy atom. The maximum absolute atomic E-state index is 12.6. The van der Waals surface area contributed by atoms with Crippen molar-refractivity contribution in [3.8, 4) is 0 Å². The number of amidine groups is 1. The summed E-state index contributed by atoms with van der Waals surface area (Å²) in [7, 11) is 0. The number of amides is 1. The minimum Gasteiger partial charge on any atom is -0.461 e. The Balaban J connectivity index is 1.28. The second-order valence-electron chi connectivity index (χ2n) is 8.27. The molecule has 2 fully saturated rings. The molecule has 0 saturated carbocycles. The molecule has 0 radical (unpaired) electrons. The van der Waals surface area contributed by atoms with E-state index in [0.29, 0.717) is 30.9 Å². The standard InChI is InChI=1S/C24H28N4O4/c25-22(26)18-8-10-20(11-9-18)28-15-21(32-24(28)30)14-27-12-4-7-19(13-27)23(29)31-16-17-5-2-1-3-6-17/h1-3,5-6,8-11,19,21H,4,7,12-16H2,(H3,25,26). The van der Waals surface area contributed by atoms with Crippen molar-refractivity contribution in [2.24, 2.45) is 11.7 Å². The highest BCUT2D eigenvalue weighted by Gasteiger charge is 2.35. The zero-order valence-corrected chi connectivity index (χ0v) is 17.9. The molecule has 2 aliphatic rings. The van der Waals surface area contributed by atoms with Crippen molar-refractivity contribution in [1.82, 2.24) is 4.90 Å². The third-order valence-corrected chi connectivity index (χ3v) is 5.89. The lowest BCUT2D eigenvalue weighted by atomic mass is 9.98. The average molecular weight is 437 g/mol. The Bertz CT molecular complexity index is 964. The fraction of sp³-hybridized carbons (Fsp3) is 0.375.